The van der Waals surface area contributed by atoms with Crippen molar-refractivity contribution in [3.05, 3.63) is 40.4 Å². The predicted octanol–water partition coefficient (Wildman–Crippen LogP) is 2.69. The summed E-state index contributed by atoms with van der Waals surface area (Å²) in [5, 5.41) is 6.47. The van der Waals surface area contributed by atoms with E-state index in [1.165, 1.54) is 6.07 Å². The number of nitrogens with zero attached hydrogens (tertiary/aromatic N) is 4. The zero-order valence-electron chi connectivity index (χ0n) is 19.7. The Morgan fingerprint density at radius 1 is 1.24 bits per heavy atom. The van der Waals surface area contributed by atoms with Crippen LogP contribution in [0, 0.1) is 0 Å². The summed E-state index contributed by atoms with van der Waals surface area (Å²) in [5.41, 5.74) is 6.87. The van der Waals surface area contributed by atoms with Crippen molar-refractivity contribution in [3.63, 3.8) is 0 Å². The Balaban J connectivity index is 1.49. The van der Waals surface area contributed by atoms with Gasteiger partial charge in [0, 0.05) is 23.9 Å². The Labute approximate surface area is 217 Å². The molecular weight excluding hydrogens is 529 g/mol. The minimum absolute atomic E-state index is 0.0103. The second-order valence-corrected chi connectivity index (χ2v) is 9.41. The number of halogens is 3. The van der Waals surface area contributed by atoms with Gasteiger partial charge < -0.3 is 30.3 Å². The summed E-state index contributed by atoms with van der Waals surface area (Å²) in [6, 6.07) is 6.43. The molecule has 11 nitrogen and oxygen atoms in total. The fourth-order valence-corrected chi connectivity index (χ4v) is 4.93. The Kier molecular flexibility index (Phi) is 6.93. The highest BCUT2D eigenvalue weighted by Crippen LogP contribution is 2.35. The lowest BCUT2D eigenvalue weighted by atomic mass is 10.0. The van der Waals surface area contributed by atoms with E-state index in [-0.39, 0.29) is 46.4 Å². The number of nitrogens with one attached hydrogen (secondary N) is 1. The van der Waals surface area contributed by atoms with Crippen LogP contribution in [0.5, 0.6) is 11.5 Å². The fourth-order valence-electron chi connectivity index (χ4n) is 3.98. The number of aromatic nitrogens is 2. The number of oxime groups is 1. The highest BCUT2D eigenvalue weighted by molar-refractivity contribution is 7.20. The molecule has 1 saturated heterocycles. The fraction of sp³-hybridized carbons (Fsp3) is 0.348. The van der Waals surface area contributed by atoms with Crippen LogP contribution in [0.25, 0.3) is 10.2 Å². The normalized spacial score (nSPS) is 15.4. The molecule has 0 spiro atoms. The second-order valence-electron chi connectivity index (χ2n) is 8.38. The maximum Gasteiger partial charge on any atom is 0.405 e. The summed E-state index contributed by atoms with van der Waals surface area (Å²) in [7, 11) is 0. The molecule has 5 rings (SSSR count). The van der Waals surface area contributed by atoms with Crippen LogP contribution in [-0.4, -0.2) is 71.6 Å². The van der Waals surface area contributed by atoms with Crippen molar-refractivity contribution < 1.29 is 37.1 Å². The number of fused-ring (bicyclic) bond motifs is 2. The van der Waals surface area contributed by atoms with E-state index in [0.29, 0.717) is 42.0 Å². The van der Waals surface area contributed by atoms with Gasteiger partial charge in [-0.25, -0.2) is 9.97 Å². The van der Waals surface area contributed by atoms with Crippen molar-refractivity contribution in [2.75, 3.05) is 38.8 Å². The highest BCUT2D eigenvalue weighted by atomic mass is 32.1. The van der Waals surface area contributed by atoms with Crippen LogP contribution < -0.4 is 20.5 Å². The molecule has 1 fully saturated rings. The van der Waals surface area contributed by atoms with Gasteiger partial charge in [-0.1, -0.05) is 5.16 Å². The van der Waals surface area contributed by atoms with E-state index in [9.17, 15) is 22.8 Å². The van der Waals surface area contributed by atoms with Gasteiger partial charge in [0.2, 0.25) is 18.6 Å². The van der Waals surface area contributed by atoms with Crippen LogP contribution in [0.3, 0.4) is 0 Å². The second kappa shape index (κ2) is 10.3. The first-order chi connectivity index (χ1) is 18.2. The van der Waals surface area contributed by atoms with Gasteiger partial charge in [0.1, 0.15) is 29.4 Å². The SMILES string of the molecule is Nc1nc(/C(=N\OCCN2CCCC2=O)c2ccc3c(c2)OCO3)c2cc(C(=O)NCC(F)(F)F)sc2n1. The Bertz CT molecular complexity index is 1430. The van der Waals surface area contributed by atoms with Crippen molar-refractivity contribution in [1.82, 2.24) is 20.2 Å². The van der Waals surface area contributed by atoms with Crippen LogP contribution in [0.2, 0.25) is 0 Å². The predicted molar refractivity (Wildman–Crippen MR) is 130 cm³/mol. The smallest absolute Gasteiger partial charge is 0.405 e. The van der Waals surface area contributed by atoms with Crippen LogP contribution in [-0.2, 0) is 9.63 Å². The third-order valence-corrected chi connectivity index (χ3v) is 6.76. The Morgan fingerprint density at radius 2 is 2.05 bits per heavy atom. The van der Waals surface area contributed by atoms with E-state index >= 15 is 0 Å². The summed E-state index contributed by atoms with van der Waals surface area (Å²) in [5.74, 6) is 0.00542. The monoisotopic (exact) mass is 550 g/mol. The first-order valence-corrected chi connectivity index (χ1v) is 12.3. The number of nitrogen functional groups attached to an aromatic ring is 1. The van der Waals surface area contributed by atoms with Gasteiger partial charge in [0.25, 0.3) is 5.91 Å². The van der Waals surface area contributed by atoms with E-state index in [4.69, 9.17) is 20.0 Å². The topological polar surface area (TPSA) is 141 Å². The molecule has 200 valence electrons. The zero-order valence-corrected chi connectivity index (χ0v) is 20.5. The number of carbonyl (C=O) groups is 2. The molecule has 0 radical (unpaired) electrons. The minimum atomic E-state index is -4.56. The minimum Gasteiger partial charge on any atom is -0.454 e. The van der Waals surface area contributed by atoms with Crippen molar-refractivity contribution in [2.45, 2.75) is 19.0 Å². The number of hydrogen-bond donors (Lipinski definition) is 2. The van der Waals surface area contributed by atoms with E-state index in [1.54, 1.807) is 23.1 Å². The van der Waals surface area contributed by atoms with Crippen molar-refractivity contribution >= 4 is 45.0 Å². The molecule has 3 N–H and O–H groups in total. The van der Waals surface area contributed by atoms with Crippen LogP contribution >= 0.6 is 11.3 Å². The van der Waals surface area contributed by atoms with Crippen LogP contribution in [0.15, 0.2) is 29.4 Å². The molecule has 0 atom stereocenters. The molecule has 0 aliphatic carbocycles. The molecule has 0 bridgehead atoms. The van der Waals surface area contributed by atoms with Crippen molar-refractivity contribution in [2.24, 2.45) is 5.16 Å². The quantitative estimate of drug-likeness (QED) is 0.248. The number of nitrogens with two attached hydrogens (primary N) is 1. The summed E-state index contributed by atoms with van der Waals surface area (Å²) in [4.78, 5) is 40.2. The Hall–Kier alpha value is -4.14. The molecule has 15 heteroatoms. The van der Waals surface area contributed by atoms with Gasteiger partial charge in [-0.3, -0.25) is 9.59 Å². The van der Waals surface area contributed by atoms with Gasteiger partial charge in [-0.2, -0.15) is 13.2 Å². The number of carbonyl (C=O) groups excluding carboxylic acids is 2. The number of alkyl halides is 3. The first kappa shape index (κ1) is 25.5. The third-order valence-electron chi connectivity index (χ3n) is 5.73. The van der Waals surface area contributed by atoms with Gasteiger partial charge in [0.05, 0.1) is 11.4 Å². The number of thiophene rings is 1. The number of hydrogen-bond acceptors (Lipinski definition) is 10. The van der Waals surface area contributed by atoms with E-state index in [2.05, 4.69) is 15.1 Å². The maximum atomic E-state index is 12.6. The third kappa shape index (κ3) is 5.56. The largest absolute Gasteiger partial charge is 0.454 e. The molecular formula is C23H21F3N6O5S. The number of rotatable bonds is 8. The maximum absolute atomic E-state index is 12.6. The Morgan fingerprint density at radius 3 is 2.82 bits per heavy atom. The standard InChI is InChI=1S/C23H21F3N6O5S/c24-23(25,26)10-28-20(34)16-9-13-19(29-22(27)30-21(13)38-16)18(12-3-4-14-15(8-12)36-11-35-14)31-37-7-6-32-5-1-2-17(32)33/h3-4,8-9H,1-2,5-7,10-11H2,(H,28,34)(H2,27,29,30)/b31-18-. The molecule has 1 aromatic carbocycles. The average molecular weight is 551 g/mol. The van der Waals surface area contributed by atoms with Crippen LogP contribution in [0.1, 0.15) is 33.8 Å². The molecule has 0 unspecified atom stereocenters. The summed E-state index contributed by atoms with van der Waals surface area (Å²) in [6.07, 6.45) is -3.27. The molecule has 2 amide bonds. The molecule has 3 aromatic rings. The number of likely N-dealkylation sites (tertiary alicyclic amines) is 1. The molecule has 0 saturated carbocycles. The zero-order chi connectivity index (χ0) is 26.9. The van der Waals surface area contributed by atoms with Gasteiger partial charge >= 0.3 is 6.18 Å². The van der Waals surface area contributed by atoms with Gasteiger partial charge in [-0.15, -0.1) is 11.3 Å². The average Bonchev–Trinajstić information content (AvgIpc) is 3.61. The van der Waals surface area contributed by atoms with E-state index < -0.39 is 18.6 Å². The van der Waals surface area contributed by atoms with E-state index in [1.807, 2.05) is 5.32 Å². The molecule has 2 aliphatic rings. The van der Waals surface area contributed by atoms with E-state index in [0.717, 1.165) is 17.8 Å². The number of benzene rings is 1. The van der Waals surface area contributed by atoms with Gasteiger partial charge in [-0.05, 0) is 30.7 Å². The van der Waals surface area contributed by atoms with Crippen molar-refractivity contribution in [3.8, 4) is 11.5 Å². The molecule has 2 aliphatic heterocycles. The summed E-state index contributed by atoms with van der Waals surface area (Å²) in [6.45, 7) is -0.314. The first-order valence-electron chi connectivity index (χ1n) is 11.5. The molecule has 4 heterocycles. The highest BCUT2D eigenvalue weighted by Gasteiger charge is 2.29. The molecule has 38 heavy (non-hydrogen) atoms. The number of ether oxygens (including phenoxy) is 2. The van der Waals surface area contributed by atoms with Crippen molar-refractivity contribution in [1.29, 1.82) is 0 Å². The molecule has 2 aromatic heterocycles. The van der Waals surface area contributed by atoms with Gasteiger partial charge in [0.15, 0.2) is 11.5 Å². The summed E-state index contributed by atoms with van der Waals surface area (Å²) >= 11 is 0.867. The lowest BCUT2D eigenvalue weighted by Gasteiger charge is -2.14. The van der Waals surface area contributed by atoms with Crippen LogP contribution in [0.4, 0.5) is 19.1 Å². The summed E-state index contributed by atoms with van der Waals surface area (Å²) < 4.78 is 48.6. The lowest BCUT2D eigenvalue weighted by Crippen LogP contribution is -2.33. The number of amides is 2. The number of anilines is 1. The lowest BCUT2D eigenvalue weighted by molar-refractivity contribution is -0.128.